The van der Waals surface area contributed by atoms with Crippen molar-refractivity contribution in [1.29, 1.82) is 0 Å². The molecule has 0 aliphatic carbocycles. The summed E-state index contributed by atoms with van der Waals surface area (Å²) in [4.78, 5) is 37.9. The Morgan fingerprint density at radius 3 is 2.54 bits per heavy atom. The highest BCUT2D eigenvalue weighted by Crippen LogP contribution is 2.24. The predicted molar refractivity (Wildman–Crippen MR) is 94.8 cm³/mol. The number of H-pyrrole nitrogens is 1. The third-order valence-corrected chi connectivity index (χ3v) is 5.11. The molecule has 0 bridgehead atoms. The van der Waals surface area contributed by atoms with E-state index in [1.165, 1.54) is 11.1 Å². The van der Waals surface area contributed by atoms with E-state index in [0.29, 0.717) is 44.7 Å². The van der Waals surface area contributed by atoms with Crippen molar-refractivity contribution in [2.45, 2.75) is 31.3 Å². The SMILES string of the molecule is O=C(NC1CCN(C(=O)O)CC1)N[C@@H]1CCN(c2cn[nH]c(=O)c2Cl)C1. The molecule has 0 spiro atoms. The van der Waals surface area contributed by atoms with E-state index < -0.39 is 11.7 Å². The molecule has 11 heteroatoms. The largest absolute Gasteiger partial charge is 0.465 e. The Morgan fingerprint density at radius 2 is 1.85 bits per heavy atom. The maximum Gasteiger partial charge on any atom is 0.407 e. The van der Waals surface area contributed by atoms with Crippen LogP contribution >= 0.6 is 11.6 Å². The molecule has 142 valence electrons. The molecule has 2 fully saturated rings. The number of nitrogens with zero attached hydrogens (tertiary/aromatic N) is 3. The summed E-state index contributed by atoms with van der Waals surface area (Å²) in [5.41, 5.74) is 0.118. The number of amides is 3. The Bertz CT molecular complexity index is 733. The first-order valence-electron chi connectivity index (χ1n) is 8.47. The highest BCUT2D eigenvalue weighted by Gasteiger charge is 2.28. The quantitative estimate of drug-likeness (QED) is 0.598. The van der Waals surface area contributed by atoms with E-state index in [2.05, 4.69) is 20.8 Å². The number of likely N-dealkylation sites (tertiary alicyclic amines) is 1. The number of nitrogens with one attached hydrogen (secondary N) is 3. The molecule has 0 unspecified atom stereocenters. The van der Waals surface area contributed by atoms with E-state index in [1.807, 2.05) is 4.90 Å². The molecule has 3 rings (SSSR count). The standard InChI is InChI=1S/C15H21ClN6O4/c16-12-11(7-17-20-13(12)23)22-6-3-10(8-22)19-14(24)18-9-1-4-21(5-2-9)15(25)26/h7,9-10H,1-6,8H2,(H,20,23)(H,25,26)(H2,18,19,24)/t10-/m1/s1. The Balaban J connectivity index is 1.47. The number of aromatic nitrogens is 2. The molecule has 2 saturated heterocycles. The first-order chi connectivity index (χ1) is 12.4. The summed E-state index contributed by atoms with van der Waals surface area (Å²) < 4.78 is 0. The summed E-state index contributed by atoms with van der Waals surface area (Å²) in [6, 6.07) is -0.361. The van der Waals surface area contributed by atoms with Gasteiger partial charge >= 0.3 is 12.1 Å². The fourth-order valence-corrected chi connectivity index (χ4v) is 3.53. The number of piperidine rings is 1. The molecule has 1 atom stereocenters. The van der Waals surface area contributed by atoms with Crippen LogP contribution in [-0.4, -0.2) is 70.6 Å². The lowest BCUT2D eigenvalue weighted by Crippen LogP contribution is -2.51. The van der Waals surface area contributed by atoms with Gasteiger partial charge in [0.05, 0.1) is 11.9 Å². The highest BCUT2D eigenvalue weighted by atomic mass is 35.5. The van der Waals surface area contributed by atoms with Crippen molar-refractivity contribution in [1.82, 2.24) is 25.7 Å². The molecule has 2 aliphatic rings. The van der Waals surface area contributed by atoms with Gasteiger partial charge in [0, 0.05) is 38.3 Å². The van der Waals surface area contributed by atoms with Gasteiger partial charge in [0.1, 0.15) is 5.02 Å². The van der Waals surface area contributed by atoms with Gasteiger partial charge in [0.2, 0.25) is 0 Å². The van der Waals surface area contributed by atoms with Crippen molar-refractivity contribution in [3.63, 3.8) is 0 Å². The zero-order chi connectivity index (χ0) is 18.7. The average molecular weight is 385 g/mol. The van der Waals surface area contributed by atoms with Gasteiger partial charge < -0.3 is 25.5 Å². The molecule has 2 aliphatic heterocycles. The van der Waals surface area contributed by atoms with Crippen LogP contribution in [0.15, 0.2) is 11.0 Å². The number of aromatic amines is 1. The molecule has 26 heavy (non-hydrogen) atoms. The van der Waals surface area contributed by atoms with Crippen LogP contribution in [0.1, 0.15) is 19.3 Å². The van der Waals surface area contributed by atoms with Gasteiger partial charge in [-0.3, -0.25) is 4.79 Å². The van der Waals surface area contributed by atoms with E-state index in [9.17, 15) is 14.4 Å². The molecule has 3 heterocycles. The van der Waals surface area contributed by atoms with Crippen molar-refractivity contribution in [3.8, 4) is 0 Å². The van der Waals surface area contributed by atoms with Crippen LogP contribution in [0.3, 0.4) is 0 Å². The Hall–Kier alpha value is -2.49. The Labute approximate surface area is 154 Å². The van der Waals surface area contributed by atoms with E-state index in [-0.39, 0.29) is 23.1 Å². The number of hydrogen-bond acceptors (Lipinski definition) is 5. The number of rotatable bonds is 3. The number of halogens is 1. The second kappa shape index (κ2) is 7.81. The molecular formula is C15H21ClN6O4. The molecule has 1 aromatic rings. The van der Waals surface area contributed by atoms with Gasteiger partial charge in [-0.25, -0.2) is 14.7 Å². The van der Waals surface area contributed by atoms with Crippen LogP contribution in [0.25, 0.3) is 0 Å². The molecule has 4 N–H and O–H groups in total. The van der Waals surface area contributed by atoms with Gasteiger partial charge in [-0.15, -0.1) is 0 Å². The van der Waals surface area contributed by atoms with Gasteiger partial charge in [-0.1, -0.05) is 11.6 Å². The number of urea groups is 1. The molecule has 0 saturated carbocycles. The minimum atomic E-state index is -0.924. The molecule has 0 radical (unpaired) electrons. The number of hydrogen-bond donors (Lipinski definition) is 4. The molecule has 10 nitrogen and oxygen atoms in total. The van der Waals surface area contributed by atoms with Crippen LogP contribution < -0.4 is 21.1 Å². The topological polar surface area (TPSA) is 131 Å². The van der Waals surface area contributed by atoms with Crippen LogP contribution in [0.2, 0.25) is 5.02 Å². The van der Waals surface area contributed by atoms with E-state index >= 15 is 0 Å². The Morgan fingerprint density at radius 1 is 1.19 bits per heavy atom. The van der Waals surface area contributed by atoms with Gasteiger partial charge in [0.15, 0.2) is 0 Å². The van der Waals surface area contributed by atoms with Crippen LogP contribution in [-0.2, 0) is 0 Å². The molecular weight excluding hydrogens is 364 g/mol. The minimum absolute atomic E-state index is 0.0329. The normalized spacial score (nSPS) is 20.9. The van der Waals surface area contributed by atoms with Crippen LogP contribution in [0, 0.1) is 0 Å². The van der Waals surface area contributed by atoms with Gasteiger partial charge in [-0.2, -0.15) is 5.10 Å². The first-order valence-corrected chi connectivity index (χ1v) is 8.85. The predicted octanol–water partition coefficient (Wildman–Crippen LogP) is 0.444. The van der Waals surface area contributed by atoms with Crippen molar-refractivity contribution in [3.05, 3.63) is 21.6 Å². The molecule has 1 aromatic heterocycles. The molecule has 3 amide bonds. The van der Waals surface area contributed by atoms with Crippen LogP contribution in [0.5, 0.6) is 0 Å². The maximum atomic E-state index is 12.2. The lowest BCUT2D eigenvalue weighted by Gasteiger charge is -2.30. The third-order valence-electron chi connectivity index (χ3n) is 4.74. The van der Waals surface area contributed by atoms with E-state index in [4.69, 9.17) is 16.7 Å². The molecule has 0 aromatic carbocycles. The fraction of sp³-hybridized carbons (Fsp3) is 0.600. The second-order valence-electron chi connectivity index (χ2n) is 6.49. The summed E-state index contributed by atoms with van der Waals surface area (Å²) in [6.45, 7) is 2.04. The third kappa shape index (κ3) is 4.18. The lowest BCUT2D eigenvalue weighted by atomic mass is 10.1. The summed E-state index contributed by atoms with van der Waals surface area (Å²) in [5.74, 6) is 0. The second-order valence-corrected chi connectivity index (χ2v) is 6.87. The monoisotopic (exact) mass is 384 g/mol. The minimum Gasteiger partial charge on any atom is -0.465 e. The number of carbonyl (C=O) groups excluding carboxylic acids is 1. The van der Waals surface area contributed by atoms with Gasteiger partial charge in [-0.05, 0) is 19.3 Å². The maximum absolute atomic E-state index is 12.2. The first kappa shape index (κ1) is 18.3. The zero-order valence-corrected chi connectivity index (χ0v) is 14.8. The van der Waals surface area contributed by atoms with Crippen molar-refractivity contribution >= 4 is 29.4 Å². The zero-order valence-electron chi connectivity index (χ0n) is 14.1. The fourth-order valence-electron chi connectivity index (χ4n) is 3.32. The summed E-state index contributed by atoms with van der Waals surface area (Å²) in [5, 5.41) is 20.9. The van der Waals surface area contributed by atoms with Crippen molar-refractivity contribution in [2.75, 3.05) is 31.1 Å². The van der Waals surface area contributed by atoms with Crippen LogP contribution in [0.4, 0.5) is 15.3 Å². The van der Waals surface area contributed by atoms with E-state index in [1.54, 1.807) is 0 Å². The summed E-state index contributed by atoms with van der Waals surface area (Å²) >= 11 is 6.02. The summed E-state index contributed by atoms with van der Waals surface area (Å²) in [6.07, 6.45) is 2.51. The number of anilines is 1. The summed E-state index contributed by atoms with van der Waals surface area (Å²) in [7, 11) is 0. The smallest absolute Gasteiger partial charge is 0.407 e. The highest BCUT2D eigenvalue weighted by molar-refractivity contribution is 6.33. The van der Waals surface area contributed by atoms with Crippen molar-refractivity contribution < 1.29 is 14.7 Å². The van der Waals surface area contributed by atoms with E-state index in [0.717, 1.165) is 6.42 Å². The number of carbonyl (C=O) groups is 2. The Kier molecular flexibility index (Phi) is 5.50. The lowest BCUT2D eigenvalue weighted by molar-refractivity contribution is 0.129. The average Bonchev–Trinajstić information content (AvgIpc) is 3.05. The van der Waals surface area contributed by atoms with Crippen molar-refractivity contribution in [2.24, 2.45) is 0 Å². The number of carboxylic acid groups (broad SMARTS) is 1. The van der Waals surface area contributed by atoms with Gasteiger partial charge in [0.25, 0.3) is 5.56 Å².